The molecule has 1 aromatic carbocycles. The number of nitro groups is 1. The minimum Gasteiger partial charge on any atom is -0.379 e. The average Bonchev–Trinajstić information content (AvgIpc) is 2.65. The average molecular weight is 446 g/mol. The first-order valence-electron chi connectivity index (χ1n) is 10.1. The standard InChI is InChI=1S/C20H29F3N4O4/c1-13-10-26(11-14(2)31-13)19(3,4)12-25-18(28)7-8-24-16-6-5-15(20(21,22)23)9-17(16)27(29)30/h5-6,9,13-14,24H,7-8,10-12H2,1-4H3,(H,25,28). The first-order chi connectivity index (χ1) is 14.3. The lowest BCUT2D eigenvalue weighted by atomic mass is 10.00. The lowest BCUT2D eigenvalue weighted by Crippen LogP contribution is -2.58. The lowest BCUT2D eigenvalue weighted by Gasteiger charge is -2.45. The first kappa shape index (κ1) is 24.9. The maximum absolute atomic E-state index is 12.8. The topological polar surface area (TPSA) is 96.7 Å². The monoisotopic (exact) mass is 446 g/mol. The highest BCUT2D eigenvalue weighted by Gasteiger charge is 2.34. The molecule has 0 spiro atoms. The molecule has 0 saturated carbocycles. The van der Waals surface area contributed by atoms with Crippen molar-refractivity contribution in [2.24, 2.45) is 0 Å². The Hall–Kier alpha value is -2.40. The molecule has 2 N–H and O–H groups in total. The van der Waals surface area contributed by atoms with Crippen LogP contribution in [-0.4, -0.2) is 59.7 Å². The molecule has 2 atom stereocenters. The zero-order valence-corrected chi connectivity index (χ0v) is 18.1. The van der Waals surface area contributed by atoms with Gasteiger partial charge >= 0.3 is 6.18 Å². The van der Waals surface area contributed by atoms with Gasteiger partial charge in [-0.15, -0.1) is 0 Å². The van der Waals surface area contributed by atoms with Crippen LogP contribution in [-0.2, 0) is 15.7 Å². The van der Waals surface area contributed by atoms with Gasteiger partial charge in [-0.3, -0.25) is 19.8 Å². The van der Waals surface area contributed by atoms with E-state index >= 15 is 0 Å². The van der Waals surface area contributed by atoms with Crippen LogP contribution in [0.15, 0.2) is 18.2 Å². The molecule has 1 amide bonds. The van der Waals surface area contributed by atoms with Crippen molar-refractivity contribution in [3.05, 3.63) is 33.9 Å². The van der Waals surface area contributed by atoms with Crippen LogP contribution < -0.4 is 10.6 Å². The van der Waals surface area contributed by atoms with E-state index in [0.29, 0.717) is 12.6 Å². The second-order valence-electron chi connectivity index (χ2n) is 8.42. The second-order valence-corrected chi connectivity index (χ2v) is 8.42. The van der Waals surface area contributed by atoms with Crippen LogP contribution in [0.5, 0.6) is 0 Å². The SMILES string of the molecule is CC1CN(C(C)(C)CNC(=O)CCNc2ccc(C(F)(F)F)cc2[N+](=O)[O-])CC(C)O1. The normalized spacial score (nSPS) is 20.4. The van der Waals surface area contributed by atoms with Gasteiger partial charge in [-0.2, -0.15) is 13.2 Å². The fourth-order valence-corrected chi connectivity index (χ4v) is 3.51. The molecule has 31 heavy (non-hydrogen) atoms. The van der Waals surface area contributed by atoms with E-state index in [0.717, 1.165) is 25.2 Å². The molecular weight excluding hydrogens is 417 g/mol. The molecule has 0 aromatic heterocycles. The minimum absolute atomic E-state index is 0.0180. The van der Waals surface area contributed by atoms with E-state index in [4.69, 9.17) is 4.74 Å². The Bertz CT molecular complexity index is 791. The first-order valence-corrected chi connectivity index (χ1v) is 10.1. The number of carbonyl (C=O) groups is 1. The Morgan fingerprint density at radius 2 is 1.87 bits per heavy atom. The Morgan fingerprint density at radius 1 is 1.26 bits per heavy atom. The van der Waals surface area contributed by atoms with Crippen molar-refractivity contribution >= 4 is 17.3 Å². The number of nitrogens with one attached hydrogen (secondary N) is 2. The quantitative estimate of drug-likeness (QED) is 0.469. The molecule has 2 rings (SSSR count). The number of anilines is 1. The summed E-state index contributed by atoms with van der Waals surface area (Å²) in [7, 11) is 0. The second kappa shape index (κ2) is 9.82. The van der Waals surface area contributed by atoms with E-state index in [9.17, 15) is 28.1 Å². The van der Waals surface area contributed by atoms with Crippen molar-refractivity contribution in [1.29, 1.82) is 0 Å². The van der Waals surface area contributed by atoms with Crippen molar-refractivity contribution < 1.29 is 27.6 Å². The van der Waals surface area contributed by atoms with Crippen LogP contribution >= 0.6 is 0 Å². The third kappa shape index (κ3) is 7.06. The fraction of sp³-hybridized carbons (Fsp3) is 0.650. The number of hydrogen-bond acceptors (Lipinski definition) is 6. The molecule has 1 aromatic rings. The Morgan fingerprint density at radius 3 is 2.42 bits per heavy atom. The van der Waals surface area contributed by atoms with Gasteiger partial charge in [-0.05, 0) is 39.8 Å². The molecule has 174 valence electrons. The zero-order valence-electron chi connectivity index (χ0n) is 18.1. The van der Waals surface area contributed by atoms with Gasteiger partial charge in [0.1, 0.15) is 5.69 Å². The van der Waals surface area contributed by atoms with Crippen LogP contribution in [0.4, 0.5) is 24.5 Å². The maximum Gasteiger partial charge on any atom is 0.416 e. The lowest BCUT2D eigenvalue weighted by molar-refractivity contribution is -0.384. The number of rotatable bonds is 8. The van der Waals surface area contributed by atoms with E-state index in [-0.39, 0.29) is 42.3 Å². The highest BCUT2D eigenvalue weighted by Crippen LogP contribution is 2.34. The molecule has 0 bridgehead atoms. The molecule has 1 saturated heterocycles. The van der Waals surface area contributed by atoms with Crippen LogP contribution in [0.3, 0.4) is 0 Å². The van der Waals surface area contributed by atoms with Gasteiger partial charge in [-0.25, -0.2) is 0 Å². The number of amides is 1. The number of benzene rings is 1. The van der Waals surface area contributed by atoms with E-state index in [1.165, 1.54) is 0 Å². The summed E-state index contributed by atoms with van der Waals surface area (Å²) >= 11 is 0. The summed E-state index contributed by atoms with van der Waals surface area (Å²) in [6.45, 7) is 10.0. The number of halogens is 3. The van der Waals surface area contributed by atoms with Gasteiger partial charge in [0.15, 0.2) is 0 Å². The van der Waals surface area contributed by atoms with E-state index in [1.54, 1.807) is 0 Å². The summed E-state index contributed by atoms with van der Waals surface area (Å²) in [6.07, 6.45) is -4.46. The maximum atomic E-state index is 12.8. The summed E-state index contributed by atoms with van der Waals surface area (Å²) in [5.74, 6) is -0.260. The molecule has 1 fully saturated rings. The van der Waals surface area contributed by atoms with E-state index < -0.39 is 22.4 Å². The van der Waals surface area contributed by atoms with Gasteiger partial charge < -0.3 is 15.4 Å². The van der Waals surface area contributed by atoms with E-state index in [1.807, 2.05) is 27.7 Å². The van der Waals surface area contributed by atoms with Crippen molar-refractivity contribution in [2.45, 2.75) is 58.0 Å². The molecule has 11 heteroatoms. The number of alkyl halides is 3. The van der Waals surface area contributed by atoms with Gasteiger partial charge in [0.25, 0.3) is 5.69 Å². The summed E-state index contributed by atoms with van der Waals surface area (Å²) in [6, 6.07) is 2.25. The van der Waals surface area contributed by atoms with Crippen molar-refractivity contribution in [3.8, 4) is 0 Å². The molecule has 8 nitrogen and oxygen atoms in total. The molecule has 1 aliphatic heterocycles. The Balaban J connectivity index is 1.87. The number of carbonyl (C=O) groups excluding carboxylic acids is 1. The van der Waals surface area contributed by atoms with Crippen LogP contribution in [0, 0.1) is 10.1 Å². The molecule has 2 unspecified atom stereocenters. The summed E-state index contributed by atoms with van der Waals surface area (Å²) in [4.78, 5) is 24.7. The van der Waals surface area contributed by atoms with Crippen molar-refractivity contribution in [2.75, 3.05) is 31.5 Å². The number of morpholine rings is 1. The number of hydrogen-bond donors (Lipinski definition) is 2. The van der Waals surface area contributed by atoms with Crippen LogP contribution in [0.1, 0.15) is 39.7 Å². The molecule has 0 aliphatic carbocycles. The number of nitrogens with zero attached hydrogens (tertiary/aromatic N) is 2. The Labute approximate surface area is 179 Å². The predicted octanol–water partition coefficient (Wildman–Crippen LogP) is 3.42. The Kier molecular flexibility index (Phi) is 7.87. The molecule has 1 heterocycles. The van der Waals surface area contributed by atoms with Crippen LogP contribution in [0.25, 0.3) is 0 Å². The summed E-state index contributed by atoms with van der Waals surface area (Å²) in [5, 5.41) is 16.7. The van der Waals surface area contributed by atoms with Gasteiger partial charge in [0, 0.05) is 44.2 Å². The smallest absolute Gasteiger partial charge is 0.379 e. The third-order valence-corrected chi connectivity index (χ3v) is 5.18. The van der Waals surface area contributed by atoms with Gasteiger partial charge in [0.05, 0.1) is 22.7 Å². The van der Waals surface area contributed by atoms with Crippen molar-refractivity contribution in [1.82, 2.24) is 10.2 Å². The van der Waals surface area contributed by atoms with Crippen molar-refractivity contribution in [3.63, 3.8) is 0 Å². The van der Waals surface area contributed by atoms with Gasteiger partial charge in [-0.1, -0.05) is 0 Å². The highest BCUT2D eigenvalue weighted by molar-refractivity contribution is 5.76. The van der Waals surface area contributed by atoms with Crippen LogP contribution in [0.2, 0.25) is 0 Å². The minimum atomic E-state index is -4.67. The predicted molar refractivity (Wildman–Crippen MR) is 110 cm³/mol. The third-order valence-electron chi connectivity index (χ3n) is 5.18. The number of nitro benzene ring substituents is 1. The largest absolute Gasteiger partial charge is 0.416 e. The molecule has 0 radical (unpaired) electrons. The fourth-order valence-electron chi connectivity index (χ4n) is 3.51. The summed E-state index contributed by atoms with van der Waals surface area (Å²) in [5.41, 5.74) is -2.15. The van der Waals surface area contributed by atoms with E-state index in [2.05, 4.69) is 15.5 Å². The summed E-state index contributed by atoms with van der Waals surface area (Å²) < 4.78 is 44.1. The molecule has 1 aliphatic rings. The van der Waals surface area contributed by atoms with Gasteiger partial charge in [0.2, 0.25) is 5.91 Å². The number of ether oxygens (including phenoxy) is 1. The highest BCUT2D eigenvalue weighted by atomic mass is 19.4. The zero-order chi connectivity index (χ0) is 23.4. The molecular formula is C20H29F3N4O4.